The largest absolute Gasteiger partial charge is 0.338 e. The van der Waals surface area contributed by atoms with Gasteiger partial charge in [-0.2, -0.15) is 0 Å². The molecule has 1 aromatic rings. The molecule has 0 saturated heterocycles. The first-order chi connectivity index (χ1) is 8.49. The average molecular weight is 271 g/mol. The van der Waals surface area contributed by atoms with E-state index in [-0.39, 0.29) is 4.90 Å². The molecule has 4 N–H and O–H groups in total. The minimum Gasteiger partial charge on any atom is -0.338 e. The molecule has 0 fully saturated rings. The zero-order chi connectivity index (χ0) is 13.6. The number of benzene rings is 1. The molecular weight excluding hydrogens is 254 g/mol. The van der Waals surface area contributed by atoms with Crippen LogP contribution >= 0.6 is 0 Å². The van der Waals surface area contributed by atoms with Crippen LogP contribution < -0.4 is 15.8 Å². The van der Waals surface area contributed by atoms with Gasteiger partial charge in [-0.25, -0.2) is 17.9 Å². The summed E-state index contributed by atoms with van der Waals surface area (Å²) in [6.07, 6.45) is 0.685. The van der Waals surface area contributed by atoms with Gasteiger partial charge in [-0.05, 0) is 37.6 Å². The van der Waals surface area contributed by atoms with E-state index in [0.717, 1.165) is 5.56 Å². The van der Waals surface area contributed by atoms with Crippen molar-refractivity contribution in [1.29, 1.82) is 0 Å². The highest BCUT2D eigenvalue weighted by Crippen LogP contribution is 2.10. The summed E-state index contributed by atoms with van der Waals surface area (Å²) in [5.74, 6) is 0. The topological polar surface area (TPSA) is 101 Å². The molecule has 6 nitrogen and oxygen atoms in total. The van der Waals surface area contributed by atoms with Crippen molar-refractivity contribution in [2.75, 3.05) is 13.1 Å². The maximum absolute atomic E-state index is 11.8. The van der Waals surface area contributed by atoms with E-state index in [2.05, 4.69) is 5.32 Å². The van der Waals surface area contributed by atoms with Crippen molar-refractivity contribution in [3.63, 3.8) is 0 Å². The van der Waals surface area contributed by atoms with Crippen molar-refractivity contribution in [3.8, 4) is 0 Å². The van der Waals surface area contributed by atoms with Gasteiger partial charge in [-0.15, -0.1) is 0 Å². The summed E-state index contributed by atoms with van der Waals surface area (Å²) in [4.78, 5) is 11.2. The third-order valence-corrected chi connectivity index (χ3v) is 3.58. The molecule has 100 valence electrons. The van der Waals surface area contributed by atoms with Crippen LogP contribution in [0, 0.1) is 0 Å². The van der Waals surface area contributed by atoms with E-state index in [1.165, 1.54) is 12.1 Å². The molecule has 0 bridgehead atoms. The van der Waals surface area contributed by atoms with Gasteiger partial charge in [0.1, 0.15) is 0 Å². The molecule has 0 aliphatic carbocycles. The molecule has 0 aliphatic rings. The van der Waals surface area contributed by atoms with Gasteiger partial charge in [-0.1, -0.05) is 12.1 Å². The van der Waals surface area contributed by atoms with Gasteiger partial charge in [0, 0.05) is 6.54 Å². The Kier molecular flexibility index (Phi) is 5.11. The second-order valence-electron chi connectivity index (χ2n) is 3.65. The van der Waals surface area contributed by atoms with Crippen LogP contribution in [0.4, 0.5) is 4.79 Å². The lowest BCUT2D eigenvalue weighted by Crippen LogP contribution is -2.39. The van der Waals surface area contributed by atoms with Crippen LogP contribution in [-0.4, -0.2) is 27.5 Å². The zero-order valence-electron chi connectivity index (χ0n) is 10.1. The smallest absolute Gasteiger partial charge is 0.328 e. The van der Waals surface area contributed by atoms with Crippen molar-refractivity contribution in [1.82, 2.24) is 10.0 Å². The van der Waals surface area contributed by atoms with Gasteiger partial charge < -0.3 is 11.1 Å². The number of hydrogen-bond donors (Lipinski definition) is 3. The van der Waals surface area contributed by atoms with Crippen LogP contribution in [0.25, 0.3) is 0 Å². The first-order valence-corrected chi connectivity index (χ1v) is 7.07. The number of nitrogens with two attached hydrogens (primary N) is 1. The number of carbonyl (C=O) groups excluding carboxylic acids is 1. The Hall–Kier alpha value is -1.60. The number of nitrogens with one attached hydrogen (secondary N) is 2. The van der Waals surface area contributed by atoms with Crippen LogP contribution in [-0.2, 0) is 16.4 Å². The van der Waals surface area contributed by atoms with Crippen molar-refractivity contribution in [2.45, 2.75) is 18.2 Å². The standard InChI is InChI=1S/C11H17N3O3S/c1-2-13-11(15)14-18(16,17)10-5-3-9(4-6-10)7-8-12/h3-6H,2,7-8,12H2,1H3,(H2,13,14,15). The summed E-state index contributed by atoms with van der Waals surface area (Å²) in [5, 5.41) is 2.36. The molecule has 18 heavy (non-hydrogen) atoms. The van der Waals surface area contributed by atoms with Gasteiger partial charge in [-0.3, -0.25) is 0 Å². The summed E-state index contributed by atoms with van der Waals surface area (Å²) in [5.41, 5.74) is 6.35. The van der Waals surface area contributed by atoms with Crippen LogP contribution in [0.5, 0.6) is 0 Å². The van der Waals surface area contributed by atoms with Gasteiger partial charge in [0.25, 0.3) is 10.0 Å². The fraction of sp³-hybridized carbons (Fsp3) is 0.364. The Morgan fingerprint density at radius 1 is 1.28 bits per heavy atom. The molecular formula is C11H17N3O3S. The van der Waals surface area contributed by atoms with Gasteiger partial charge in [0.15, 0.2) is 0 Å². The van der Waals surface area contributed by atoms with Gasteiger partial charge >= 0.3 is 6.03 Å². The van der Waals surface area contributed by atoms with Crippen molar-refractivity contribution in [2.24, 2.45) is 5.73 Å². The molecule has 0 saturated carbocycles. The van der Waals surface area contributed by atoms with Crippen LogP contribution in [0.1, 0.15) is 12.5 Å². The highest BCUT2D eigenvalue weighted by atomic mass is 32.2. The summed E-state index contributed by atoms with van der Waals surface area (Å²) < 4.78 is 25.5. The molecule has 0 radical (unpaired) electrons. The number of carbonyl (C=O) groups is 1. The first-order valence-electron chi connectivity index (χ1n) is 5.59. The van der Waals surface area contributed by atoms with Crippen LogP contribution in [0.15, 0.2) is 29.2 Å². The van der Waals surface area contributed by atoms with Crippen LogP contribution in [0.2, 0.25) is 0 Å². The molecule has 1 aromatic carbocycles. The van der Waals surface area contributed by atoms with Gasteiger partial charge in [0.05, 0.1) is 4.90 Å². The third kappa shape index (κ3) is 4.01. The minimum absolute atomic E-state index is 0.0505. The molecule has 2 amide bonds. The number of amides is 2. The molecule has 0 aliphatic heterocycles. The molecule has 1 rings (SSSR count). The predicted octanol–water partition coefficient (Wildman–Crippen LogP) is 0.196. The maximum Gasteiger partial charge on any atom is 0.328 e. The third-order valence-electron chi connectivity index (χ3n) is 2.23. The fourth-order valence-electron chi connectivity index (χ4n) is 1.38. The van der Waals surface area contributed by atoms with Crippen LogP contribution in [0.3, 0.4) is 0 Å². The lowest BCUT2D eigenvalue weighted by Gasteiger charge is -2.07. The molecule has 0 unspecified atom stereocenters. The average Bonchev–Trinajstić information content (AvgIpc) is 2.29. The Morgan fingerprint density at radius 2 is 1.89 bits per heavy atom. The highest BCUT2D eigenvalue weighted by Gasteiger charge is 2.16. The summed E-state index contributed by atoms with van der Waals surface area (Å²) in [7, 11) is -3.81. The molecule has 0 aromatic heterocycles. The predicted molar refractivity (Wildman–Crippen MR) is 68.6 cm³/mol. The van der Waals surface area contributed by atoms with E-state index in [0.29, 0.717) is 19.5 Å². The minimum atomic E-state index is -3.81. The molecule has 0 heterocycles. The van der Waals surface area contributed by atoms with E-state index in [9.17, 15) is 13.2 Å². The van der Waals surface area contributed by atoms with Crippen molar-refractivity contribution >= 4 is 16.1 Å². The highest BCUT2D eigenvalue weighted by molar-refractivity contribution is 7.90. The SMILES string of the molecule is CCNC(=O)NS(=O)(=O)c1ccc(CCN)cc1. The number of sulfonamides is 1. The Morgan fingerprint density at radius 3 is 2.39 bits per heavy atom. The van der Waals surface area contributed by atoms with E-state index in [4.69, 9.17) is 5.73 Å². The maximum atomic E-state index is 11.8. The second kappa shape index (κ2) is 6.36. The van der Waals surface area contributed by atoms with E-state index in [1.54, 1.807) is 19.1 Å². The molecule has 7 heteroatoms. The molecule has 0 atom stereocenters. The fourth-order valence-corrected chi connectivity index (χ4v) is 2.31. The van der Waals surface area contributed by atoms with Crippen molar-refractivity contribution in [3.05, 3.63) is 29.8 Å². The zero-order valence-corrected chi connectivity index (χ0v) is 11.0. The van der Waals surface area contributed by atoms with Crippen molar-refractivity contribution < 1.29 is 13.2 Å². The Bertz CT molecular complexity index is 497. The monoisotopic (exact) mass is 271 g/mol. The summed E-state index contributed by atoms with van der Waals surface area (Å²) in [6.45, 7) is 2.56. The molecule has 0 spiro atoms. The van der Waals surface area contributed by atoms with E-state index >= 15 is 0 Å². The Labute approximate surface area is 107 Å². The summed E-state index contributed by atoms with van der Waals surface area (Å²) >= 11 is 0. The van der Waals surface area contributed by atoms with E-state index in [1.807, 2.05) is 4.72 Å². The first kappa shape index (κ1) is 14.5. The lowest BCUT2D eigenvalue weighted by molar-refractivity contribution is 0.246. The quantitative estimate of drug-likeness (QED) is 0.711. The summed E-state index contributed by atoms with van der Waals surface area (Å²) in [6, 6.07) is 5.53. The lowest BCUT2D eigenvalue weighted by atomic mass is 10.2. The Balaban J connectivity index is 2.82. The van der Waals surface area contributed by atoms with E-state index < -0.39 is 16.1 Å². The number of rotatable bonds is 5. The normalized spacial score (nSPS) is 11.0. The number of hydrogen-bond acceptors (Lipinski definition) is 4. The number of urea groups is 1. The van der Waals surface area contributed by atoms with Gasteiger partial charge in [0.2, 0.25) is 0 Å². The second-order valence-corrected chi connectivity index (χ2v) is 5.33.